The lowest BCUT2D eigenvalue weighted by Crippen LogP contribution is -2.38. The smallest absolute Gasteiger partial charge is 0.231 e. The lowest BCUT2D eigenvalue weighted by Gasteiger charge is -2.34. The molecule has 1 N–H and O–H groups in total. The van der Waals surface area contributed by atoms with Crippen molar-refractivity contribution in [2.75, 3.05) is 6.79 Å². The standard InChI is InChI=1S/C17H13NO3/c19-14-7-10-6-13-17(21-8-20-13)16-11-4-2-1-3-9(11)5-12(18-14)15(10)16/h1-4,6,12H,5,7-8H2,(H,18,19)/t12-/m1/s1. The maximum atomic E-state index is 12.0. The molecule has 5 rings (SSSR count). The molecule has 2 heterocycles. The van der Waals surface area contributed by atoms with Crippen molar-refractivity contribution in [3.8, 4) is 22.6 Å². The van der Waals surface area contributed by atoms with Crippen LogP contribution < -0.4 is 14.8 Å². The highest BCUT2D eigenvalue weighted by Crippen LogP contribution is 2.52. The van der Waals surface area contributed by atoms with Crippen LogP contribution in [0.3, 0.4) is 0 Å². The monoisotopic (exact) mass is 279 g/mol. The molecular formula is C17H13NO3. The van der Waals surface area contributed by atoms with Gasteiger partial charge in [0.15, 0.2) is 11.5 Å². The molecule has 1 atom stereocenters. The van der Waals surface area contributed by atoms with Gasteiger partial charge in [-0.1, -0.05) is 24.3 Å². The predicted molar refractivity (Wildman–Crippen MR) is 76.3 cm³/mol. The van der Waals surface area contributed by atoms with Crippen molar-refractivity contribution >= 4 is 5.91 Å². The highest BCUT2D eigenvalue weighted by Gasteiger charge is 2.37. The second-order valence-electron chi connectivity index (χ2n) is 5.72. The summed E-state index contributed by atoms with van der Waals surface area (Å²) < 4.78 is 11.3. The first-order chi connectivity index (χ1) is 10.3. The SMILES string of the molecule is O=C1Cc2cc3c(c4c2[C@@H](Cc2ccccc2-4)N1)OCO3. The van der Waals surface area contributed by atoms with Gasteiger partial charge in [0.05, 0.1) is 12.5 Å². The minimum absolute atomic E-state index is 0.0423. The molecule has 104 valence electrons. The number of amides is 1. The van der Waals surface area contributed by atoms with Crippen molar-refractivity contribution < 1.29 is 14.3 Å². The van der Waals surface area contributed by atoms with Gasteiger partial charge >= 0.3 is 0 Å². The number of nitrogens with one attached hydrogen (secondary N) is 1. The van der Waals surface area contributed by atoms with Crippen LogP contribution in [-0.2, 0) is 17.6 Å². The summed E-state index contributed by atoms with van der Waals surface area (Å²) in [5.41, 5.74) is 5.82. The molecule has 0 radical (unpaired) electrons. The molecule has 2 aliphatic heterocycles. The zero-order valence-electron chi connectivity index (χ0n) is 11.3. The summed E-state index contributed by atoms with van der Waals surface area (Å²) in [7, 11) is 0. The Morgan fingerprint density at radius 1 is 1.14 bits per heavy atom. The minimum Gasteiger partial charge on any atom is -0.454 e. The van der Waals surface area contributed by atoms with E-state index in [1.54, 1.807) is 0 Å². The number of carbonyl (C=O) groups excluding carboxylic acids is 1. The van der Waals surface area contributed by atoms with Crippen molar-refractivity contribution in [3.05, 3.63) is 47.0 Å². The van der Waals surface area contributed by atoms with E-state index in [4.69, 9.17) is 9.47 Å². The molecule has 1 aliphatic carbocycles. The van der Waals surface area contributed by atoms with E-state index in [0.717, 1.165) is 29.0 Å². The zero-order chi connectivity index (χ0) is 14.0. The first-order valence-electron chi connectivity index (χ1n) is 7.14. The second-order valence-corrected chi connectivity index (χ2v) is 5.72. The quantitative estimate of drug-likeness (QED) is 0.805. The molecule has 0 unspecified atom stereocenters. The van der Waals surface area contributed by atoms with Crippen molar-refractivity contribution in [2.45, 2.75) is 18.9 Å². The molecule has 0 saturated carbocycles. The molecule has 0 aromatic heterocycles. The number of carbonyl (C=O) groups is 1. The van der Waals surface area contributed by atoms with Gasteiger partial charge in [-0.25, -0.2) is 0 Å². The Labute approximate surface area is 121 Å². The second kappa shape index (κ2) is 3.79. The average molecular weight is 279 g/mol. The Balaban J connectivity index is 1.89. The molecular weight excluding hydrogens is 266 g/mol. The van der Waals surface area contributed by atoms with Crippen LogP contribution in [0.5, 0.6) is 11.5 Å². The third-order valence-electron chi connectivity index (χ3n) is 4.53. The Hall–Kier alpha value is -2.49. The fourth-order valence-electron chi connectivity index (χ4n) is 3.73. The lowest BCUT2D eigenvalue weighted by molar-refractivity contribution is -0.121. The molecule has 21 heavy (non-hydrogen) atoms. The first kappa shape index (κ1) is 11.2. The normalized spacial score (nSPS) is 20.6. The molecule has 0 fully saturated rings. The Morgan fingerprint density at radius 2 is 2.05 bits per heavy atom. The highest BCUT2D eigenvalue weighted by atomic mass is 16.7. The Bertz CT molecular complexity index is 797. The highest BCUT2D eigenvalue weighted by molar-refractivity contribution is 5.89. The molecule has 3 aliphatic rings. The topological polar surface area (TPSA) is 47.6 Å². The predicted octanol–water partition coefficient (Wildman–Crippen LogP) is 2.35. The van der Waals surface area contributed by atoms with Gasteiger partial charge in [0, 0.05) is 5.56 Å². The van der Waals surface area contributed by atoms with Crippen LogP contribution in [0.25, 0.3) is 11.1 Å². The van der Waals surface area contributed by atoms with Crippen LogP contribution in [0.4, 0.5) is 0 Å². The maximum Gasteiger partial charge on any atom is 0.231 e. The molecule has 0 spiro atoms. The third-order valence-corrected chi connectivity index (χ3v) is 4.53. The average Bonchev–Trinajstić information content (AvgIpc) is 2.94. The van der Waals surface area contributed by atoms with Gasteiger partial charge in [-0.15, -0.1) is 0 Å². The van der Waals surface area contributed by atoms with Gasteiger partial charge in [0.2, 0.25) is 12.7 Å². The van der Waals surface area contributed by atoms with Gasteiger partial charge in [-0.3, -0.25) is 4.79 Å². The van der Waals surface area contributed by atoms with E-state index in [0.29, 0.717) is 6.42 Å². The number of rotatable bonds is 0. The summed E-state index contributed by atoms with van der Waals surface area (Å²) >= 11 is 0. The van der Waals surface area contributed by atoms with E-state index in [2.05, 4.69) is 17.4 Å². The van der Waals surface area contributed by atoms with E-state index >= 15 is 0 Å². The molecule has 2 aromatic carbocycles. The van der Waals surface area contributed by atoms with Crippen LogP contribution in [0.1, 0.15) is 22.7 Å². The van der Waals surface area contributed by atoms with E-state index in [1.165, 1.54) is 16.7 Å². The van der Waals surface area contributed by atoms with Gasteiger partial charge < -0.3 is 14.8 Å². The molecule has 4 nitrogen and oxygen atoms in total. The van der Waals surface area contributed by atoms with Crippen molar-refractivity contribution in [1.29, 1.82) is 0 Å². The summed E-state index contributed by atoms with van der Waals surface area (Å²) in [6.07, 6.45) is 1.25. The van der Waals surface area contributed by atoms with Gasteiger partial charge in [0.1, 0.15) is 0 Å². The van der Waals surface area contributed by atoms with Crippen molar-refractivity contribution in [3.63, 3.8) is 0 Å². The van der Waals surface area contributed by atoms with E-state index in [1.807, 2.05) is 18.2 Å². The largest absolute Gasteiger partial charge is 0.454 e. The van der Waals surface area contributed by atoms with Crippen LogP contribution in [0.15, 0.2) is 30.3 Å². The number of ether oxygens (including phenoxy) is 2. The number of hydrogen-bond donors (Lipinski definition) is 1. The van der Waals surface area contributed by atoms with Gasteiger partial charge in [-0.05, 0) is 34.7 Å². The number of fused-ring (bicyclic) bond motifs is 4. The summed E-state index contributed by atoms with van der Waals surface area (Å²) in [6.45, 7) is 0.249. The van der Waals surface area contributed by atoms with E-state index in [9.17, 15) is 4.79 Å². The lowest BCUT2D eigenvalue weighted by atomic mass is 9.77. The van der Waals surface area contributed by atoms with E-state index < -0.39 is 0 Å². The number of benzene rings is 2. The summed E-state index contributed by atoms with van der Waals surface area (Å²) in [5.74, 6) is 1.66. The van der Waals surface area contributed by atoms with Gasteiger partial charge in [0.25, 0.3) is 0 Å². The van der Waals surface area contributed by atoms with Crippen LogP contribution >= 0.6 is 0 Å². The Morgan fingerprint density at radius 3 is 3.00 bits per heavy atom. The van der Waals surface area contributed by atoms with Crippen LogP contribution in [0, 0.1) is 0 Å². The molecule has 0 saturated heterocycles. The zero-order valence-corrected chi connectivity index (χ0v) is 11.3. The summed E-state index contributed by atoms with van der Waals surface area (Å²) in [4.78, 5) is 12.0. The summed E-state index contributed by atoms with van der Waals surface area (Å²) in [5, 5.41) is 3.11. The van der Waals surface area contributed by atoms with Crippen molar-refractivity contribution in [1.82, 2.24) is 5.32 Å². The first-order valence-corrected chi connectivity index (χ1v) is 7.14. The van der Waals surface area contributed by atoms with Crippen LogP contribution in [-0.4, -0.2) is 12.7 Å². The van der Waals surface area contributed by atoms with Crippen molar-refractivity contribution in [2.24, 2.45) is 0 Å². The third kappa shape index (κ3) is 1.42. The maximum absolute atomic E-state index is 12.0. The minimum atomic E-state index is 0.0423. The fraction of sp³-hybridized carbons (Fsp3) is 0.235. The van der Waals surface area contributed by atoms with E-state index in [-0.39, 0.29) is 18.7 Å². The van der Waals surface area contributed by atoms with Crippen LogP contribution in [0.2, 0.25) is 0 Å². The fourth-order valence-corrected chi connectivity index (χ4v) is 3.73. The molecule has 1 amide bonds. The summed E-state index contributed by atoms with van der Waals surface area (Å²) in [6, 6.07) is 10.3. The molecule has 0 bridgehead atoms. The molecule has 4 heteroatoms. The Kier molecular flexibility index (Phi) is 2.02. The van der Waals surface area contributed by atoms with Gasteiger partial charge in [-0.2, -0.15) is 0 Å². The molecule has 2 aromatic rings. The number of hydrogen-bond acceptors (Lipinski definition) is 3.